The number of carbonyl (C=O) groups excluding carboxylic acids is 2. The molecule has 0 radical (unpaired) electrons. The van der Waals surface area contributed by atoms with Gasteiger partial charge in [0.15, 0.2) is 0 Å². The first kappa shape index (κ1) is 17.7. The largest absolute Gasteiger partial charge is 0.391 e. The van der Waals surface area contributed by atoms with Gasteiger partial charge >= 0.3 is 0 Å². The van der Waals surface area contributed by atoms with Crippen LogP contribution in [0.1, 0.15) is 41.2 Å². The van der Waals surface area contributed by atoms with E-state index in [0.717, 1.165) is 11.4 Å². The van der Waals surface area contributed by atoms with Crippen molar-refractivity contribution in [1.82, 2.24) is 20.0 Å². The van der Waals surface area contributed by atoms with E-state index >= 15 is 0 Å². The van der Waals surface area contributed by atoms with E-state index in [9.17, 15) is 14.7 Å². The Morgan fingerprint density at radius 2 is 2.00 bits per heavy atom. The number of aliphatic hydroxyl groups excluding tert-OH is 1. The standard InChI is InChI=1S/C20H24N4O3/c1-21-19(26)10-14-11-23(12-18(14)25)20(27)15-4-2-3-5-17(15)24-9-8-16(22-24)13-6-7-13/h2-5,8-9,13-14,18,25H,6-7,10-12H2,1H3,(H,21,26)/t14-,18-/m1/s1. The maximum Gasteiger partial charge on any atom is 0.256 e. The lowest BCUT2D eigenvalue weighted by Gasteiger charge is -2.18. The normalized spacial score (nSPS) is 22.1. The molecule has 0 spiro atoms. The number of nitrogens with zero attached hydrogens (tertiary/aromatic N) is 3. The number of β-amino-alcohol motifs (C(OH)–C–C–N with tert-alkyl or cyclic N) is 1. The molecular weight excluding hydrogens is 344 g/mol. The fourth-order valence-electron chi connectivity index (χ4n) is 3.65. The molecule has 1 aromatic carbocycles. The van der Waals surface area contributed by atoms with Crippen LogP contribution in [0.25, 0.3) is 5.69 Å². The fourth-order valence-corrected chi connectivity index (χ4v) is 3.65. The number of likely N-dealkylation sites (tertiary alicyclic amines) is 1. The Labute approximate surface area is 158 Å². The summed E-state index contributed by atoms with van der Waals surface area (Å²) in [6, 6.07) is 9.40. The lowest BCUT2D eigenvalue weighted by atomic mass is 10.0. The molecule has 2 fully saturated rings. The van der Waals surface area contributed by atoms with Crippen molar-refractivity contribution in [1.29, 1.82) is 0 Å². The van der Waals surface area contributed by atoms with Gasteiger partial charge < -0.3 is 15.3 Å². The van der Waals surface area contributed by atoms with Gasteiger partial charge in [-0.1, -0.05) is 12.1 Å². The summed E-state index contributed by atoms with van der Waals surface area (Å²) in [6.45, 7) is 0.607. The average molecular weight is 368 g/mol. The second kappa shape index (κ2) is 7.15. The van der Waals surface area contributed by atoms with Crippen LogP contribution in [-0.4, -0.2) is 57.8 Å². The smallest absolute Gasteiger partial charge is 0.256 e. The molecule has 2 N–H and O–H groups in total. The van der Waals surface area contributed by atoms with Gasteiger partial charge in [-0.05, 0) is 31.0 Å². The number of para-hydroxylation sites is 1. The van der Waals surface area contributed by atoms with Gasteiger partial charge in [-0.3, -0.25) is 9.59 Å². The number of hydrogen-bond donors (Lipinski definition) is 2. The summed E-state index contributed by atoms with van der Waals surface area (Å²) in [5.41, 5.74) is 2.36. The van der Waals surface area contributed by atoms with Crippen LogP contribution >= 0.6 is 0 Å². The molecule has 2 heterocycles. The molecule has 0 unspecified atom stereocenters. The summed E-state index contributed by atoms with van der Waals surface area (Å²) in [7, 11) is 1.57. The first-order chi connectivity index (χ1) is 13.1. The third kappa shape index (κ3) is 3.60. The van der Waals surface area contributed by atoms with Crippen molar-refractivity contribution in [3.05, 3.63) is 47.8 Å². The van der Waals surface area contributed by atoms with Crippen molar-refractivity contribution in [2.45, 2.75) is 31.3 Å². The Morgan fingerprint density at radius 3 is 2.74 bits per heavy atom. The summed E-state index contributed by atoms with van der Waals surface area (Å²) in [5.74, 6) is 0.0333. The van der Waals surface area contributed by atoms with Crippen LogP contribution in [0.3, 0.4) is 0 Å². The van der Waals surface area contributed by atoms with Gasteiger partial charge in [0.1, 0.15) is 0 Å². The van der Waals surface area contributed by atoms with Gasteiger partial charge in [0, 0.05) is 44.6 Å². The summed E-state index contributed by atoms with van der Waals surface area (Å²) >= 11 is 0. The summed E-state index contributed by atoms with van der Waals surface area (Å²) in [5, 5.41) is 17.5. The highest BCUT2D eigenvalue weighted by Gasteiger charge is 2.36. The SMILES string of the molecule is CNC(=O)C[C@@H]1CN(C(=O)c2ccccc2-n2ccc(C3CC3)n2)C[C@H]1O. The van der Waals surface area contributed by atoms with Gasteiger partial charge in [-0.25, -0.2) is 4.68 Å². The molecule has 142 valence electrons. The Bertz CT molecular complexity index is 858. The molecule has 1 aliphatic carbocycles. The molecule has 2 aromatic rings. The molecule has 7 heteroatoms. The zero-order chi connectivity index (χ0) is 19.0. The van der Waals surface area contributed by atoms with Crippen molar-refractivity contribution in [3.8, 4) is 5.69 Å². The van der Waals surface area contributed by atoms with E-state index in [1.54, 1.807) is 22.7 Å². The average Bonchev–Trinajstić information content (AvgIpc) is 3.31. The topological polar surface area (TPSA) is 87.5 Å². The molecule has 2 atom stereocenters. The van der Waals surface area contributed by atoms with E-state index in [0.29, 0.717) is 18.0 Å². The summed E-state index contributed by atoms with van der Waals surface area (Å²) in [4.78, 5) is 26.4. The first-order valence-electron chi connectivity index (χ1n) is 9.39. The summed E-state index contributed by atoms with van der Waals surface area (Å²) in [6.07, 6.45) is 3.77. The lowest BCUT2D eigenvalue weighted by molar-refractivity contribution is -0.122. The Hall–Kier alpha value is -2.67. The highest BCUT2D eigenvalue weighted by atomic mass is 16.3. The lowest BCUT2D eigenvalue weighted by Crippen LogP contribution is -2.30. The van der Waals surface area contributed by atoms with E-state index in [2.05, 4.69) is 10.4 Å². The fraction of sp³-hybridized carbons (Fsp3) is 0.450. The Morgan fingerprint density at radius 1 is 1.22 bits per heavy atom. The number of rotatable bonds is 5. The van der Waals surface area contributed by atoms with Crippen molar-refractivity contribution < 1.29 is 14.7 Å². The molecule has 27 heavy (non-hydrogen) atoms. The van der Waals surface area contributed by atoms with Crippen LogP contribution in [0.2, 0.25) is 0 Å². The van der Waals surface area contributed by atoms with Gasteiger partial charge in [0.2, 0.25) is 5.91 Å². The number of hydrogen-bond acceptors (Lipinski definition) is 4. The molecule has 0 bridgehead atoms. The zero-order valence-corrected chi connectivity index (χ0v) is 15.3. The molecule has 1 aliphatic heterocycles. The number of carbonyl (C=O) groups is 2. The third-order valence-corrected chi connectivity index (χ3v) is 5.41. The van der Waals surface area contributed by atoms with Gasteiger partial charge in [0.05, 0.1) is 23.0 Å². The molecule has 1 saturated heterocycles. The van der Waals surface area contributed by atoms with Crippen LogP contribution in [-0.2, 0) is 4.79 Å². The third-order valence-electron chi connectivity index (χ3n) is 5.41. The molecule has 1 aromatic heterocycles. The Kier molecular flexibility index (Phi) is 4.70. The number of amides is 2. The molecule has 2 amide bonds. The van der Waals surface area contributed by atoms with Crippen LogP contribution in [0, 0.1) is 5.92 Å². The van der Waals surface area contributed by atoms with Crippen LogP contribution in [0.5, 0.6) is 0 Å². The minimum Gasteiger partial charge on any atom is -0.391 e. The van der Waals surface area contributed by atoms with Crippen LogP contribution < -0.4 is 5.32 Å². The van der Waals surface area contributed by atoms with Crippen LogP contribution in [0.15, 0.2) is 36.5 Å². The highest BCUT2D eigenvalue weighted by Crippen LogP contribution is 2.39. The second-order valence-electron chi connectivity index (χ2n) is 7.39. The van der Waals surface area contributed by atoms with E-state index in [4.69, 9.17) is 0 Å². The number of benzene rings is 1. The number of nitrogens with one attached hydrogen (secondary N) is 1. The summed E-state index contributed by atoms with van der Waals surface area (Å²) < 4.78 is 1.76. The van der Waals surface area contributed by atoms with Crippen molar-refractivity contribution in [2.24, 2.45) is 5.92 Å². The second-order valence-corrected chi connectivity index (χ2v) is 7.39. The van der Waals surface area contributed by atoms with Crippen molar-refractivity contribution in [2.75, 3.05) is 20.1 Å². The Balaban J connectivity index is 1.54. The molecule has 1 saturated carbocycles. The van der Waals surface area contributed by atoms with E-state index < -0.39 is 6.10 Å². The minimum atomic E-state index is -0.690. The molecule has 4 rings (SSSR count). The van der Waals surface area contributed by atoms with E-state index in [-0.39, 0.29) is 30.7 Å². The first-order valence-corrected chi connectivity index (χ1v) is 9.39. The maximum atomic E-state index is 13.1. The van der Waals surface area contributed by atoms with Gasteiger partial charge in [0.25, 0.3) is 5.91 Å². The number of aromatic nitrogens is 2. The molecular formula is C20H24N4O3. The van der Waals surface area contributed by atoms with Gasteiger partial charge in [-0.15, -0.1) is 0 Å². The highest BCUT2D eigenvalue weighted by molar-refractivity contribution is 5.98. The predicted molar refractivity (Wildman–Crippen MR) is 99.6 cm³/mol. The monoisotopic (exact) mass is 368 g/mol. The maximum absolute atomic E-state index is 13.1. The number of aliphatic hydroxyl groups is 1. The molecule has 2 aliphatic rings. The van der Waals surface area contributed by atoms with Crippen molar-refractivity contribution >= 4 is 11.8 Å². The minimum absolute atomic E-state index is 0.127. The molecule has 7 nitrogen and oxygen atoms in total. The van der Waals surface area contributed by atoms with E-state index in [1.807, 2.05) is 30.5 Å². The van der Waals surface area contributed by atoms with Crippen LogP contribution in [0.4, 0.5) is 0 Å². The quantitative estimate of drug-likeness (QED) is 0.833. The zero-order valence-electron chi connectivity index (χ0n) is 15.3. The predicted octanol–water partition coefficient (Wildman–Crippen LogP) is 1.32. The van der Waals surface area contributed by atoms with Gasteiger partial charge in [-0.2, -0.15) is 5.10 Å². The van der Waals surface area contributed by atoms with E-state index in [1.165, 1.54) is 12.8 Å². The van der Waals surface area contributed by atoms with Crippen molar-refractivity contribution in [3.63, 3.8) is 0 Å².